The largest absolute Gasteiger partial charge is 0.467 e. The number of esters is 1. The highest BCUT2D eigenvalue weighted by Gasteiger charge is 2.19. The molecule has 80 valence electrons. The van der Waals surface area contributed by atoms with Crippen molar-refractivity contribution in [3.05, 3.63) is 42.0 Å². The van der Waals surface area contributed by atoms with Gasteiger partial charge in [0.1, 0.15) is 0 Å². The van der Waals surface area contributed by atoms with Crippen LogP contribution in [0.2, 0.25) is 0 Å². The summed E-state index contributed by atoms with van der Waals surface area (Å²) in [5.74, 6) is -0.693. The second-order valence-corrected chi connectivity index (χ2v) is 3.32. The van der Waals surface area contributed by atoms with Crippen LogP contribution in [0.15, 0.2) is 30.8 Å². The van der Waals surface area contributed by atoms with Crippen LogP contribution in [-0.2, 0) is 9.53 Å². The third-order valence-electron chi connectivity index (χ3n) is 2.14. The third kappa shape index (κ3) is 2.67. The van der Waals surface area contributed by atoms with Crippen molar-refractivity contribution in [1.82, 2.24) is 0 Å². The van der Waals surface area contributed by atoms with E-state index in [0.29, 0.717) is 5.57 Å². The smallest absolute Gasteiger partial charge is 0.339 e. The molecule has 0 fully saturated rings. The van der Waals surface area contributed by atoms with Gasteiger partial charge in [0.15, 0.2) is 6.10 Å². The molecule has 0 spiro atoms. The van der Waals surface area contributed by atoms with Gasteiger partial charge in [0, 0.05) is 0 Å². The molecule has 0 saturated carbocycles. The quantitative estimate of drug-likeness (QED) is 0.763. The Morgan fingerprint density at radius 3 is 2.73 bits per heavy atom. The van der Waals surface area contributed by atoms with Gasteiger partial charge in [0.25, 0.3) is 0 Å². The minimum atomic E-state index is -1.29. The predicted molar refractivity (Wildman–Crippen MR) is 58.2 cm³/mol. The van der Waals surface area contributed by atoms with Gasteiger partial charge in [-0.1, -0.05) is 36.4 Å². The number of ether oxygens (including phenoxy) is 1. The van der Waals surface area contributed by atoms with Gasteiger partial charge < -0.3 is 9.84 Å². The number of benzene rings is 1. The lowest BCUT2D eigenvalue weighted by Gasteiger charge is -2.12. The molecular weight excluding hydrogens is 192 g/mol. The fraction of sp³-hybridized carbons (Fsp3) is 0.250. The van der Waals surface area contributed by atoms with Crippen LogP contribution < -0.4 is 0 Å². The number of aliphatic hydroxyl groups excluding tert-OH is 1. The molecule has 1 aromatic rings. The highest BCUT2D eigenvalue weighted by molar-refractivity contribution is 5.90. The Bertz CT molecular complexity index is 382. The topological polar surface area (TPSA) is 46.5 Å². The first-order valence-corrected chi connectivity index (χ1v) is 4.58. The number of carbonyl (C=O) groups excluding carboxylic acids is 1. The first-order valence-electron chi connectivity index (χ1n) is 4.58. The normalized spacial score (nSPS) is 11.9. The molecule has 0 saturated heterocycles. The van der Waals surface area contributed by atoms with E-state index in [1.165, 1.54) is 7.11 Å². The Labute approximate surface area is 89.0 Å². The third-order valence-corrected chi connectivity index (χ3v) is 2.14. The molecule has 0 aliphatic heterocycles. The van der Waals surface area contributed by atoms with Gasteiger partial charge >= 0.3 is 5.97 Å². The summed E-state index contributed by atoms with van der Waals surface area (Å²) in [5.41, 5.74) is 2.14. The molecule has 1 aromatic carbocycles. The second-order valence-electron chi connectivity index (χ2n) is 3.32. The first-order chi connectivity index (χ1) is 7.06. The molecule has 0 bridgehead atoms. The highest BCUT2D eigenvalue weighted by atomic mass is 16.5. The Hall–Kier alpha value is -1.61. The van der Waals surface area contributed by atoms with Gasteiger partial charge in [-0.3, -0.25) is 0 Å². The van der Waals surface area contributed by atoms with Gasteiger partial charge in [0.05, 0.1) is 7.11 Å². The molecule has 1 unspecified atom stereocenters. The molecule has 0 amide bonds. The molecule has 0 aliphatic carbocycles. The van der Waals surface area contributed by atoms with Crippen molar-refractivity contribution >= 4 is 11.5 Å². The number of carbonyl (C=O) groups is 1. The minimum absolute atomic E-state index is 0.352. The maximum atomic E-state index is 11.1. The van der Waals surface area contributed by atoms with Gasteiger partial charge in [-0.2, -0.15) is 0 Å². The summed E-state index contributed by atoms with van der Waals surface area (Å²) in [6.07, 6.45) is -1.29. The van der Waals surface area contributed by atoms with Crippen molar-refractivity contribution in [2.24, 2.45) is 0 Å². The van der Waals surface area contributed by atoms with E-state index >= 15 is 0 Å². The molecule has 0 aliphatic rings. The number of aryl methyl sites for hydroxylation is 1. The Morgan fingerprint density at radius 2 is 2.20 bits per heavy atom. The molecule has 0 heterocycles. The van der Waals surface area contributed by atoms with Gasteiger partial charge in [-0.05, 0) is 18.1 Å². The molecule has 0 aromatic heterocycles. The van der Waals surface area contributed by atoms with Crippen molar-refractivity contribution in [3.8, 4) is 0 Å². The molecule has 3 nitrogen and oxygen atoms in total. The van der Waals surface area contributed by atoms with E-state index in [4.69, 9.17) is 0 Å². The van der Waals surface area contributed by atoms with Crippen LogP contribution in [0.5, 0.6) is 0 Å². The van der Waals surface area contributed by atoms with E-state index in [9.17, 15) is 9.90 Å². The van der Waals surface area contributed by atoms with E-state index in [0.717, 1.165) is 11.1 Å². The van der Waals surface area contributed by atoms with Crippen LogP contribution >= 0.6 is 0 Å². The minimum Gasteiger partial charge on any atom is -0.467 e. The standard InChI is InChI=1S/C12H14O3/c1-8-5-4-6-10(7-8)9(2)11(13)12(14)15-3/h4-7,11,13H,2H2,1,3H3. The summed E-state index contributed by atoms with van der Waals surface area (Å²) >= 11 is 0. The summed E-state index contributed by atoms with van der Waals surface area (Å²) in [6, 6.07) is 7.43. The molecule has 15 heavy (non-hydrogen) atoms. The summed E-state index contributed by atoms with van der Waals surface area (Å²) in [4.78, 5) is 11.1. The van der Waals surface area contributed by atoms with E-state index in [2.05, 4.69) is 11.3 Å². The maximum Gasteiger partial charge on any atom is 0.339 e. The van der Waals surface area contributed by atoms with Gasteiger partial charge in [-0.15, -0.1) is 0 Å². The number of methoxy groups -OCH3 is 1. The predicted octanol–water partition coefficient (Wildman–Crippen LogP) is 1.54. The second kappa shape index (κ2) is 4.75. The van der Waals surface area contributed by atoms with Crippen LogP contribution in [0.1, 0.15) is 11.1 Å². The fourth-order valence-corrected chi connectivity index (χ4v) is 1.26. The van der Waals surface area contributed by atoms with Crippen molar-refractivity contribution in [1.29, 1.82) is 0 Å². The molecular formula is C12H14O3. The van der Waals surface area contributed by atoms with Crippen molar-refractivity contribution in [3.63, 3.8) is 0 Å². The maximum absolute atomic E-state index is 11.1. The summed E-state index contributed by atoms with van der Waals surface area (Å²) in [5, 5.41) is 9.56. The van der Waals surface area contributed by atoms with E-state index in [-0.39, 0.29) is 0 Å². The Kier molecular flexibility index (Phi) is 3.63. The van der Waals surface area contributed by atoms with Gasteiger partial charge in [0.2, 0.25) is 0 Å². The number of hydrogen-bond acceptors (Lipinski definition) is 3. The average Bonchev–Trinajstić information content (AvgIpc) is 2.26. The summed E-state index contributed by atoms with van der Waals surface area (Å²) in [7, 11) is 1.23. The first kappa shape index (κ1) is 11.5. The lowest BCUT2D eigenvalue weighted by atomic mass is 10.0. The van der Waals surface area contributed by atoms with Crippen LogP contribution in [0.3, 0.4) is 0 Å². The number of aliphatic hydroxyl groups is 1. The fourth-order valence-electron chi connectivity index (χ4n) is 1.26. The Morgan fingerprint density at radius 1 is 1.53 bits per heavy atom. The zero-order valence-electron chi connectivity index (χ0n) is 8.86. The molecule has 3 heteroatoms. The van der Waals surface area contributed by atoms with Crippen molar-refractivity contribution < 1.29 is 14.6 Å². The van der Waals surface area contributed by atoms with Gasteiger partial charge in [-0.25, -0.2) is 4.79 Å². The van der Waals surface area contributed by atoms with Crippen LogP contribution in [-0.4, -0.2) is 24.3 Å². The SMILES string of the molecule is C=C(c1cccc(C)c1)C(O)C(=O)OC. The van der Waals surface area contributed by atoms with Crippen LogP contribution in [0.4, 0.5) is 0 Å². The monoisotopic (exact) mass is 206 g/mol. The van der Waals surface area contributed by atoms with E-state index < -0.39 is 12.1 Å². The molecule has 1 N–H and O–H groups in total. The molecule has 1 atom stereocenters. The average molecular weight is 206 g/mol. The van der Waals surface area contributed by atoms with Crippen LogP contribution in [0, 0.1) is 6.92 Å². The number of hydrogen-bond donors (Lipinski definition) is 1. The highest BCUT2D eigenvalue weighted by Crippen LogP contribution is 2.18. The lowest BCUT2D eigenvalue weighted by molar-refractivity contribution is -0.147. The van der Waals surface area contributed by atoms with Crippen molar-refractivity contribution in [2.75, 3.05) is 7.11 Å². The summed E-state index contributed by atoms with van der Waals surface area (Å²) < 4.78 is 4.44. The summed E-state index contributed by atoms with van der Waals surface area (Å²) in [6.45, 7) is 5.62. The van der Waals surface area contributed by atoms with E-state index in [1.807, 2.05) is 25.1 Å². The molecule has 0 radical (unpaired) electrons. The van der Waals surface area contributed by atoms with E-state index in [1.54, 1.807) is 6.07 Å². The van der Waals surface area contributed by atoms with Crippen LogP contribution in [0.25, 0.3) is 5.57 Å². The Balaban J connectivity index is 2.90. The lowest BCUT2D eigenvalue weighted by Crippen LogP contribution is -2.22. The zero-order valence-corrected chi connectivity index (χ0v) is 8.86. The number of rotatable bonds is 3. The van der Waals surface area contributed by atoms with Crippen molar-refractivity contribution in [2.45, 2.75) is 13.0 Å². The molecule has 1 rings (SSSR count). The zero-order chi connectivity index (χ0) is 11.4.